The molecule has 0 bridgehead atoms. The van der Waals surface area contributed by atoms with E-state index in [0.29, 0.717) is 22.8 Å². The zero-order chi connectivity index (χ0) is 17.9. The van der Waals surface area contributed by atoms with Crippen LogP contribution >= 0.6 is 0 Å². The van der Waals surface area contributed by atoms with Crippen molar-refractivity contribution in [3.63, 3.8) is 0 Å². The molecule has 2 aromatic heterocycles. The van der Waals surface area contributed by atoms with Crippen LogP contribution in [0, 0.1) is 13.8 Å². The minimum absolute atomic E-state index is 0.103. The van der Waals surface area contributed by atoms with Gasteiger partial charge in [0, 0.05) is 18.8 Å². The van der Waals surface area contributed by atoms with Crippen molar-refractivity contribution in [3.05, 3.63) is 46.4 Å². The van der Waals surface area contributed by atoms with Crippen LogP contribution in [0.2, 0.25) is 0 Å². The van der Waals surface area contributed by atoms with Crippen molar-refractivity contribution in [2.75, 3.05) is 12.4 Å². The average Bonchev–Trinajstić information content (AvgIpc) is 2.83. The smallest absolute Gasteiger partial charge is 0.339 e. The van der Waals surface area contributed by atoms with Gasteiger partial charge in [0.25, 0.3) is 0 Å². The second kappa shape index (κ2) is 7.08. The summed E-state index contributed by atoms with van der Waals surface area (Å²) in [7, 11) is 1.25. The molecular weight excluding hydrogens is 310 g/mol. The van der Waals surface area contributed by atoms with E-state index in [-0.39, 0.29) is 23.7 Å². The molecule has 0 fully saturated rings. The fourth-order valence-corrected chi connectivity index (χ4v) is 2.47. The fourth-order valence-electron chi connectivity index (χ4n) is 2.47. The van der Waals surface area contributed by atoms with Gasteiger partial charge in [0.05, 0.1) is 24.8 Å². The molecule has 0 unspecified atom stereocenters. The highest BCUT2D eigenvalue weighted by Gasteiger charge is 2.24. The number of Topliss-reactive ketones (excluding diaryl/α,β-unsaturated/α-hetero) is 1. The lowest BCUT2D eigenvalue weighted by molar-refractivity contribution is -0.115. The molecule has 126 valence electrons. The predicted molar refractivity (Wildman–Crippen MR) is 88.2 cm³/mol. The molecule has 0 atom stereocenters. The van der Waals surface area contributed by atoms with Crippen molar-refractivity contribution in [1.82, 2.24) is 9.97 Å². The minimum atomic E-state index is -0.590. The molecule has 7 heteroatoms. The number of ether oxygens (including phenoxy) is 1. The van der Waals surface area contributed by atoms with E-state index in [1.165, 1.54) is 14.0 Å². The van der Waals surface area contributed by atoms with Gasteiger partial charge in [0.1, 0.15) is 5.82 Å². The number of aromatic amines is 1. The number of hydrogen-bond donors (Lipinski definition) is 2. The lowest BCUT2D eigenvalue weighted by atomic mass is 10.1. The largest absolute Gasteiger partial charge is 0.465 e. The number of carbonyl (C=O) groups is 3. The molecule has 0 aliphatic carbocycles. The van der Waals surface area contributed by atoms with E-state index >= 15 is 0 Å². The van der Waals surface area contributed by atoms with Gasteiger partial charge in [0.15, 0.2) is 5.78 Å². The molecule has 0 saturated carbocycles. The topological polar surface area (TPSA) is 101 Å². The van der Waals surface area contributed by atoms with Crippen LogP contribution in [0.1, 0.15) is 44.6 Å². The Morgan fingerprint density at radius 3 is 2.58 bits per heavy atom. The molecule has 0 aliphatic rings. The predicted octanol–water partition coefficient (Wildman–Crippen LogP) is 2.20. The maximum atomic E-state index is 12.2. The Kier molecular flexibility index (Phi) is 5.13. The van der Waals surface area contributed by atoms with E-state index < -0.39 is 5.97 Å². The van der Waals surface area contributed by atoms with Gasteiger partial charge in [-0.25, -0.2) is 9.78 Å². The van der Waals surface area contributed by atoms with Crippen LogP contribution in [0.3, 0.4) is 0 Å². The van der Waals surface area contributed by atoms with Crippen molar-refractivity contribution < 1.29 is 19.1 Å². The summed E-state index contributed by atoms with van der Waals surface area (Å²) < 4.78 is 4.75. The molecule has 2 N–H and O–H groups in total. The lowest BCUT2D eigenvalue weighted by Crippen LogP contribution is -2.17. The van der Waals surface area contributed by atoms with Crippen LogP contribution in [0.25, 0.3) is 0 Å². The van der Waals surface area contributed by atoms with E-state index in [0.717, 1.165) is 5.56 Å². The normalized spacial score (nSPS) is 10.3. The molecular formula is C17H19N3O4. The molecule has 2 heterocycles. The molecule has 0 aliphatic heterocycles. The maximum Gasteiger partial charge on any atom is 0.339 e. The number of ketones is 1. The summed E-state index contributed by atoms with van der Waals surface area (Å²) in [5.41, 5.74) is 2.30. The van der Waals surface area contributed by atoms with Crippen LogP contribution < -0.4 is 5.32 Å². The molecule has 0 radical (unpaired) electrons. The summed E-state index contributed by atoms with van der Waals surface area (Å²) >= 11 is 0. The highest BCUT2D eigenvalue weighted by atomic mass is 16.5. The third-order valence-corrected chi connectivity index (χ3v) is 3.59. The van der Waals surface area contributed by atoms with Gasteiger partial charge in [-0.1, -0.05) is 0 Å². The van der Waals surface area contributed by atoms with Crippen molar-refractivity contribution >= 4 is 23.5 Å². The average molecular weight is 329 g/mol. The van der Waals surface area contributed by atoms with Crippen LogP contribution in [0.4, 0.5) is 5.82 Å². The van der Waals surface area contributed by atoms with Crippen LogP contribution in [-0.2, 0) is 16.0 Å². The first-order valence-electron chi connectivity index (χ1n) is 7.36. The van der Waals surface area contributed by atoms with Crippen molar-refractivity contribution in [3.8, 4) is 0 Å². The number of carbonyl (C=O) groups excluding carboxylic acids is 3. The SMILES string of the molecule is COC(=O)c1c(CC(=O)Nc2cc(C)ccn2)[nH]c(C(C)=O)c1C. The second-order valence-corrected chi connectivity index (χ2v) is 5.47. The Morgan fingerprint density at radius 2 is 2.00 bits per heavy atom. The summed E-state index contributed by atoms with van der Waals surface area (Å²) in [4.78, 5) is 42.8. The van der Waals surface area contributed by atoms with E-state index in [1.54, 1.807) is 19.2 Å². The van der Waals surface area contributed by atoms with Crippen molar-refractivity contribution in [1.29, 1.82) is 0 Å². The molecule has 0 aromatic carbocycles. The number of methoxy groups -OCH3 is 1. The number of anilines is 1. The van der Waals surface area contributed by atoms with Gasteiger partial charge in [-0.2, -0.15) is 0 Å². The highest BCUT2D eigenvalue weighted by Crippen LogP contribution is 2.21. The third-order valence-electron chi connectivity index (χ3n) is 3.59. The first-order valence-corrected chi connectivity index (χ1v) is 7.36. The monoisotopic (exact) mass is 329 g/mol. The first kappa shape index (κ1) is 17.4. The third kappa shape index (κ3) is 3.68. The Morgan fingerprint density at radius 1 is 1.29 bits per heavy atom. The number of aryl methyl sites for hydroxylation is 1. The molecule has 2 aromatic rings. The molecule has 24 heavy (non-hydrogen) atoms. The number of nitrogens with zero attached hydrogens (tertiary/aromatic N) is 1. The van der Waals surface area contributed by atoms with Gasteiger partial charge in [-0.05, 0) is 37.1 Å². The zero-order valence-electron chi connectivity index (χ0n) is 14.0. The van der Waals surface area contributed by atoms with Crippen LogP contribution in [0.15, 0.2) is 18.3 Å². The number of esters is 1. The van der Waals surface area contributed by atoms with E-state index in [1.807, 2.05) is 13.0 Å². The van der Waals surface area contributed by atoms with E-state index in [2.05, 4.69) is 15.3 Å². The maximum absolute atomic E-state index is 12.2. The quantitative estimate of drug-likeness (QED) is 0.647. The van der Waals surface area contributed by atoms with Gasteiger partial charge in [-0.3, -0.25) is 9.59 Å². The standard InChI is InChI=1S/C17H19N3O4/c1-9-5-6-18-13(7-9)20-14(22)8-12-15(17(23)24-4)10(2)16(19-12)11(3)21/h5-7,19H,8H2,1-4H3,(H,18,20,22). The highest BCUT2D eigenvalue weighted by molar-refractivity contribution is 6.02. The van der Waals surface area contributed by atoms with Gasteiger partial charge < -0.3 is 15.0 Å². The number of hydrogen-bond acceptors (Lipinski definition) is 5. The van der Waals surface area contributed by atoms with Gasteiger partial charge in [0.2, 0.25) is 5.91 Å². The van der Waals surface area contributed by atoms with Crippen LogP contribution in [0.5, 0.6) is 0 Å². The summed E-state index contributed by atoms with van der Waals surface area (Å²) in [5.74, 6) is -0.735. The number of aromatic nitrogens is 2. The fraction of sp³-hybridized carbons (Fsp3) is 0.294. The number of H-pyrrole nitrogens is 1. The second-order valence-electron chi connectivity index (χ2n) is 5.47. The Hall–Kier alpha value is -2.96. The van der Waals surface area contributed by atoms with Gasteiger partial charge >= 0.3 is 5.97 Å². The molecule has 2 rings (SSSR count). The van der Waals surface area contributed by atoms with Gasteiger partial charge in [-0.15, -0.1) is 0 Å². The Balaban J connectivity index is 2.28. The lowest BCUT2D eigenvalue weighted by Gasteiger charge is -2.06. The minimum Gasteiger partial charge on any atom is -0.465 e. The van der Waals surface area contributed by atoms with Crippen LogP contribution in [-0.4, -0.2) is 34.7 Å². The Bertz CT molecular complexity index is 808. The summed E-state index contributed by atoms with van der Waals surface area (Å²) in [6, 6.07) is 3.55. The summed E-state index contributed by atoms with van der Waals surface area (Å²) in [6.45, 7) is 4.92. The molecule has 0 spiro atoms. The molecule has 7 nitrogen and oxygen atoms in total. The number of pyridine rings is 1. The number of rotatable bonds is 5. The molecule has 1 amide bonds. The first-order chi connectivity index (χ1) is 11.3. The van der Waals surface area contributed by atoms with E-state index in [9.17, 15) is 14.4 Å². The number of amides is 1. The Labute approximate surface area is 139 Å². The molecule has 0 saturated heterocycles. The number of nitrogens with one attached hydrogen (secondary N) is 2. The van der Waals surface area contributed by atoms with E-state index in [4.69, 9.17) is 4.74 Å². The summed E-state index contributed by atoms with van der Waals surface area (Å²) in [6.07, 6.45) is 1.49. The zero-order valence-corrected chi connectivity index (χ0v) is 14.0. The summed E-state index contributed by atoms with van der Waals surface area (Å²) in [5, 5.41) is 2.67. The van der Waals surface area contributed by atoms with Crippen molar-refractivity contribution in [2.24, 2.45) is 0 Å². The van der Waals surface area contributed by atoms with Crippen molar-refractivity contribution in [2.45, 2.75) is 27.2 Å².